The second-order valence-electron chi connectivity index (χ2n) is 9.75. The van der Waals surface area contributed by atoms with Gasteiger partial charge in [0.15, 0.2) is 0 Å². The van der Waals surface area contributed by atoms with Crippen LogP contribution in [0, 0.1) is 5.92 Å². The summed E-state index contributed by atoms with van der Waals surface area (Å²) in [5, 5.41) is 5.77. The van der Waals surface area contributed by atoms with Crippen LogP contribution < -0.4 is 16.1 Å². The van der Waals surface area contributed by atoms with Crippen LogP contribution in [-0.4, -0.2) is 39.0 Å². The van der Waals surface area contributed by atoms with Gasteiger partial charge in [0.05, 0.1) is 11.0 Å². The summed E-state index contributed by atoms with van der Waals surface area (Å²) in [7, 11) is 1.95. The number of fused-ring (bicyclic) bond motifs is 1. The Labute approximate surface area is 205 Å². The first-order valence-corrected chi connectivity index (χ1v) is 12.6. The molecule has 0 saturated heterocycles. The van der Waals surface area contributed by atoms with Gasteiger partial charge in [-0.3, -0.25) is 14.4 Å². The van der Waals surface area contributed by atoms with Crippen LogP contribution in [0.3, 0.4) is 0 Å². The molecule has 2 N–H and O–H groups in total. The number of nitrogens with one attached hydrogen (secondary N) is 2. The van der Waals surface area contributed by atoms with Gasteiger partial charge in [0, 0.05) is 45.0 Å². The number of amides is 2. The van der Waals surface area contributed by atoms with Gasteiger partial charge < -0.3 is 19.8 Å². The molecule has 3 aromatic rings. The number of pyridine rings is 1. The van der Waals surface area contributed by atoms with Gasteiger partial charge in [-0.05, 0) is 44.7 Å². The maximum atomic E-state index is 13.1. The Morgan fingerprint density at radius 1 is 1.03 bits per heavy atom. The first-order valence-electron chi connectivity index (χ1n) is 12.6. The van der Waals surface area contributed by atoms with Gasteiger partial charge in [0.25, 0.3) is 11.8 Å². The Bertz CT molecular complexity index is 1270. The number of aromatic nitrogens is 3. The molecule has 0 radical (unpaired) electrons. The molecule has 0 aliphatic heterocycles. The van der Waals surface area contributed by atoms with Gasteiger partial charge >= 0.3 is 0 Å². The van der Waals surface area contributed by atoms with E-state index in [1.165, 1.54) is 25.5 Å². The van der Waals surface area contributed by atoms with Crippen molar-refractivity contribution in [1.29, 1.82) is 0 Å². The quantitative estimate of drug-likeness (QED) is 0.518. The lowest BCUT2D eigenvalue weighted by Gasteiger charge is -2.22. The standard InChI is InChI=1S/C27H35N5O3/c1-18(2)32-16-20(25(33)21(17-32)27(35)29-15-19-9-5-4-6-10-19)26(34)28-14-13-24-30-22-11-7-8-12-23(22)31(24)3/h7-8,11-12,16-19H,4-6,9-10,13-15H2,1-3H3,(H,28,34)(H,29,35). The van der Waals surface area contributed by atoms with Crippen molar-refractivity contribution in [2.24, 2.45) is 13.0 Å². The largest absolute Gasteiger partial charge is 0.352 e. The van der Waals surface area contributed by atoms with Crippen molar-refractivity contribution in [1.82, 2.24) is 24.8 Å². The van der Waals surface area contributed by atoms with Crippen molar-refractivity contribution in [2.45, 2.75) is 58.4 Å². The number of imidazole rings is 1. The van der Waals surface area contributed by atoms with Gasteiger partial charge in [0.1, 0.15) is 17.0 Å². The SMILES string of the molecule is CC(C)n1cc(C(=O)NCCc2nc3ccccc3n2C)c(=O)c(C(=O)NCC2CCCCC2)c1. The zero-order chi connectivity index (χ0) is 24.9. The van der Waals surface area contributed by atoms with E-state index >= 15 is 0 Å². The Morgan fingerprint density at radius 2 is 1.69 bits per heavy atom. The van der Waals surface area contributed by atoms with E-state index in [4.69, 9.17) is 0 Å². The van der Waals surface area contributed by atoms with E-state index < -0.39 is 17.2 Å². The Balaban J connectivity index is 1.46. The molecule has 1 fully saturated rings. The van der Waals surface area contributed by atoms with E-state index in [0.29, 0.717) is 25.4 Å². The number of benzene rings is 1. The van der Waals surface area contributed by atoms with Crippen LogP contribution in [-0.2, 0) is 13.5 Å². The van der Waals surface area contributed by atoms with Crippen LogP contribution >= 0.6 is 0 Å². The van der Waals surface area contributed by atoms with Crippen LogP contribution in [0.25, 0.3) is 11.0 Å². The second-order valence-corrected chi connectivity index (χ2v) is 9.75. The summed E-state index contributed by atoms with van der Waals surface area (Å²) in [6.45, 7) is 4.78. The maximum Gasteiger partial charge on any atom is 0.256 e. The molecule has 0 unspecified atom stereocenters. The molecule has 0 spiro atoms. The van der Waals surface area contributed by atoms with Crippen LogP contribution in [0.4, 0.5) is 0 Å². The molecule has 8 nitrogen and oxygen atoms in total. The van der Waals surface area contributed by atoms with Crippen molar-refractivity contribution in [3.63, 3.8) is 0 Å². The van der Waals surface area contributed by atoms with Crippen molar-refractivity contribution >= 4 is 22.8 Å². The third kappa shape index (κ3) is 5.63. The molecule has 35 heavy (non-hydrogen) atoms. The molecular formula is C27H35N5O3. The zero-order valence-corrected chi connectivity index (χ0v) is 20.8. The zero-order valence-electron chi connectivity index (χ0n) is 20.8. The minimum absolute atomic E-state index is 0.00737. The van der Waals surface area contributed by atoms with E-state index in [1.807, 2.05) is 49.7 Å². The van der Waals surface area contributed by atoms with Crippen molar-refractivity contribution in [2.75, 3.05) is 13.1 Å². The summed E-state index contributed by atoms with van der Waals surface area (Å²) in [6, 6.07) is 7.86. The van der Waals surface area contributed by atoms with E-state index in [0.717, 1.165) is 29.7 Å². The number of rotatable bonds is 8. The Kier molecular flexibility index (Phi) is 7.68. The molecule has 4 rings (SSSR count). The molecular weight excluding hydrogens is 442 g/mol. The molecule has 1 aromatic carbocycles. The Hall–Kier alpha value is -3.42. The lowest BCUT2D eigenvalue weighted by molar-refractivity contribution is 0.0941. The number of carbonyl (C=O) groups excluding carboxylic acids is 2. The fraction of sp³-hybridized carbons (Fsp3) is 0.481. The highest BCUT2D eigenvalue weighted by Crippen LogP contribution is 2.22. The predicted octanol–water partition coefficient (Wildman–Crippen LogP) is 3.60. The summed E-state index contributed by atoms with van der Waals surface area (Å²) in [4.78, 5) is 43.7. The molecule has 0 atom stereocenters. The fourth-order valence-electron chi connectivity index (χ4n) is 4.74. The molecule has 0 bridgehead atoms. The van der Waals surface area contributed by atoms with Gasteiger partial charge in [-0.2, -0.15) is 0 Å². The van der Waals surface area contributed by atoms with Crippen LogP contribution in [0.15, 0.2) is 41.5 Å². The number of nitrogens with zero attached hydrogens (tertiary/aromatic N) is 3. The first kappa shape index (κ1) is 24.7. The molecule has 8 heteroatoms. The first-order chi connectivity index (χ1) is 16.8. The van der Waals surface area contributed by atoms with Crippen LogP contribution in [0.2, 0.25) is 0 Å². The second kappa shape index (κ2) is 10.9. The van der Waals surface area contributed by atoms with E-state index in [9.17, 15) is 14.4 Å². The number of para-hydroxylation sites is 2. The summed E-state index contributed by atoms with van der Waals surface area (Å²) in [5.74, 6) is 0.408. The number of aryl methyl sites for hydroxylation is 1. The minimum Gasteiger partial charge on any atom is -0.352 e. The van der Waals surface area contributed by atoms with Crippen LogP contribution in [0.5, 0.6) is 0 Å². The van der Waals surface area contributed by atoms with E-state index in [1.54, 1.807) is 10.8 Å². The van der Waals surface area contributed by atoms with E-state index in [2.05, 4.69) is 15.6 Å². The molecule has 1 saturated carbocycles. The average molecular weight is 478 g/mol. The molecule has 1 aliphatic carbocycles. The van der Waals surface area contributed by atoms with Crippen molar-refractivity contribution in [3.8, 4) is 0 Å². The highest BCUT2D eigenvalue weighted by Gasteiger charge is 2.21. The van der Waals surface area contributed by atoms with Gasteiger partial charge in [0.2, 0.25) is 5.43 Å². The fourth-order valence-corrected chi connectivity index (χ4v) is 4.74. The van der Waals surface area contributed by atoms with Gasteiger partial charge in [-0.1, -0.05) is 31.4 Å². The summed E-state index contributed by atoms with van der Waals surface area (Å²) < 4.78 is 3.75. The molecule has 2 aromatic heterocycles. The molecule has 186 valence electrons. The summed E-state index contributed by atoms with van der Waals surface area (Å²) in [5.41, 5.74) is 1.39. The molecule has 1 aliphatic rings. The third-order valence-corrected chi connectivity index (χ3v) is 6.92. The minimum atomic E-state index is -0.539. The van der Waals surface area contributed by atoms with E-state index in [-0.39, 0.29) is 17.2 Å². The lowest BCUT2D eigenvalue weighted by Crippen LogP contribution is -2.37. The number of hydrogen-bond acceptors (Lipinski definition) is 4. The van der Waals surface area contributed by atoms with Crippen molar-refractivity contribution in [3.05, 3.63) is 63.8 Å². The molecule has 2 heterocycles. The van der Waals surface area contributed by atoms with Crippen LogP contribution in [0.1, 0.15) is 78.5 Å². The number of carbonyl (C=O) groups is 2. The lowest BCUT2D eigenvalue weighted by atomic mass is 9.89. The smallest absolute Gasteiger partial charge is 0.256 e. The monoisotopic (exact) mass is 477 g/mol. The Morgan fingerprint density at radius 3 is 2.34 bits per heavy atom. The predicted molar refractivity (Wildman–Crippen MR) is 137 cm³/mol. The molecule has 2 amide bonds. The summed E-state index contributed by atoms with van der Waals surface area (Å²) in [6.07, 6.45) is 9.44. The third-order valence-electron chi connectivity index (χ3n) is 6.92. The number of hydrogen-bond donors (Lipinski definition) is 2. The normalized spacial score (nSPS) is 14.4. The topological polar surface area (TPSA) is 98.0 Å². The maximum absolute atomic E-state index is 13.1. The summed E-state index contributed by atoms with van der Waals surface area (Å²) >= 11 is 0. The van der Waals surface area contributed by atoms with Crippen molar-refractivity contribution < 1.29 is 9.59 Å². The van der Waals surface area contributed by atoms with Gasteiger partial charge in [-0.25, -0.2) is 4.98 Å². The average Bonchev–Trinajstić information content (AvgIpc) is 3.18. The highest BCUT2D eigenvalue weighted by atomic mass is 16.2. The highest BCUT2D eigenvalue weighted by molar-refractivity contribution is 5.99. The van der Waals surface area contributed by atoms with Gasteiger partial charge in [-0.15, -0.1) is 0 Å².